The van der Waals surface area contributed by atoms with Gasteiger partial charge in [-0.3, -0.25) is 4.79 Å². The molecule has 0 fully saturated rings. The van der Waals surface area contributed by atoms with Gasteiger partial charge in [-0.15, -0.1) is 0 Å². The fourth-order valence-electron chi connectivity index (χ4n) is 3.92. The van der Waals surface area contributed by atoms with Crippen LogP contribution in [0.15, 0.2) is 113 Å². The van der Waals surface area contributed by atoms with Crippen molar-refractivity contribution in [2.24, 2.45) is 5.41 Å². The Bertz CT molecular complexity index is 1290. The van der Waals surface area contributed by atoms with Gasteiger partial charge in [0.15, 0.2) is 0 Å². The molecule has 0 amide bonds. The first-order chi connectivity index (χ1) is 16.3. The number of allylic oxidation sites excluding steroid dienone is 8. The number of nitrogens with zero attached hydrogens (tertiary/aromatic N) is 2. The highest BCUT2D eigenvalue weighted by Gasteiger charge is 2.24. The number of benzene rings is 2. The Morgan fingerprint density at radius 2 is 1.68 bits per heavy atom. The van der Waals surface area contributed by atoms with Gasteiger partial charge in [0, 0.05) is 11.1 Å². The smallest absolute Gasteiger partial charge is 0.228 e. The number of rotatable bonds is 6. The van der Waals surface area contributed by atoms with Crippen molar-refractivity contribution in [3.63, 3.8) is 0 Å². The number of Topliss-reactive ketones (excluding diaryl/α,β-unsaturated/α-hetero) is 1. The van der Waals surface area contributed by atoms with Crippen LogP contribution in [0.5, 0.6) is 0 Å². The molecule has 0 aromatic heterocycles. The highest BCUT2D eigenvalue weighted by molar-refractivity contribution is 6.11. The monoisotopic (exact) mass is 446 g/mol. The largest absolute Gasteiger partial charge is 0.518 e. The molecule has 2 aromatic carbocycles. The lowest BCUT2D eigenvalue weighted by atomic mass is 9.75. The molecular formula is C30H26N2O2. The van der Waals surface area contributed by atoms with Crippen LogP contribution >= 0.6 is 0 Å². The van der Waals surface area contributed by atoms with Gasteiger partial charge in [-0.2, -0.15) is 5.26 Å². The molecule has 0 unspecified atom stereocenters. The molecule has 0 saturated heterocycles. The number of aliphatic hydroxyl groups excluding tert-OH is 1. The maximum atomic E-state index is 12.6. The number of aliphatic hydroxyl groups is 1. The number of carbonyl (C=O) groups is 1. The number of hydrogen-bond donors (Lipinski definition) is 1. The third kappa shape index (κ3) is 6.31. The van der Waals surface area contributed by atoms with Crippen molar-refractivity contribution in [1.82, 2.24) is 0 Å². The van der Waals surface area contributed by atoms with Gasteiger partial charge in [-0.05, 0) is 35.5 Å². The minimum absolute atomic E-state index is 0.0339. The molecule has 168 valence electrons. The quantitative estimate of drug-likeness (QED) is 0.126. The minimum Gasteiger partial charge on any atom is -0.518 e. The van der Waals surface area contributed by atoms with E-state index in [1.54, 1.807) is 48.6 Å². The number of nitriles is 1. The lowest BCUT2D eigenvalue weighted by Gasteiger charge is -2.30. The fourth-order valence-corrected chi connectivity index (χ4v) is 3.92. The predicted molar refractivity (Wildman–Crippen MR) is 135 cm³/mol. The summed E-state index contributed by atoms with van der Waals surface area (Å²) in [6.07, 6.45) is 10.5. The first kappa shape index (κ1) is 24.2. The summed E-state index contributed by atoms with van der Waals surface area (Å²) >= 11 is 0. The van der Waals surface area contributed by atoms with E-state index in [4.69, 9.17) is 6.57 Å². The van der Waals surface area contributed by atoms with E-state index in [-0.39, 0.29) is 28.2 Å². The lowest BCUT2D eigenvalue weighted by Crippen LogP contribution is -2.16. The molecule has 34 heavy (non-hydrogen) atoms. The maximum absolute atomic E-state index is 12.6. The standard InChI is InChI=1S/C30H26N2O2/c1-30(2)19-22(14-16-26(21-31)28(33)24-10-6-4-7-11-24)18-23(20-30)15-17-27(32-3)29(34)25-12-8-5-9-13-25/h4-18,34H,19-20H2,1-2H3/b17-15+,22-14+,26-16-,29-27-. The van der Waals surface area contributed by atoms with Crippen molar-refractivity contribution in [3.05, 3.63) is 136 Å². The summed E-state index contributed by atoms with van der Waals surface area (Å²) in [5.74, 6) is -0.360. The summed E-state index contributed by atoms with van der Waals surface area (Å²) in [6, 6.07) is 19.8. The predicted octanol–water partition coefficient (Wildman–Crippen LogP) is 7.39. The van der Waals surface area contributed by atoms with Crippen molar-refractivity contribution in [2.45, 2.75) is 26.7 Å². The molecule has 1 N–H and O–H groups in total. The minimum atomic E-state index is -0.303. The van der Waals surface area contributed by atoms with Crippen LogP contribution in [-0.4, -0.2) is 10.9 Å². The molecule has 2 aromatic rings. The average Bonchev–Trinajstić information content (AvgIpc) is 2.84. The van der Waals surface area contributed by atoms with E-state index in [2.05, 4.69) is 18.7 Å². The Morgan fingerprint density at radius 3 is 2.26 bits per heavy atom. The highest BCUT2D eigenvalue weighted by Crippen LogP contribution is 2.38. The van der Waals surface area contributed by atoms with Crippen LogP contribution in [0.3, 0.4) is 0 Å². The zero-order chi connectivity index (χ0) is 24.6. The molecule has 0 spiro atoms. The van der Waals surface area contributed by atoms with Crippen LogP contribution in [-0.2, 0) is 0 Å². The van der Waals surface area contributed by atoms with Crippen LogP contribution in [0.25, 0.3) is 10.6 Å². The summed E-state index contributed by atoms with van der Waals surface area (Å²) in [6.45, 7) is 11.8. The molecule has 0 saturated carbocycles. The van der Waals surface area contributed by atoms with Crippen molar-refractivity contribution >= 4 is 11.5 Å². The molecule has 1 aliphatic rings. The van der Waals surface area contributed by atoms with E-state index in [1.165, 1.54) is 0 Å². The average molecular weight is 447 g/mol. The second kappa shape index (κ2) is 10.9. The van der Waals surface area contributed by atoms with Crippen LogP contribution in [0.1, 0.15) is 42.6 Å². The topological polar surface area (TPSA) is 65.5 Å². The van der Waals surface area contributed by atoms with Crippen LogP contribution in [0.4, 0.5) is 0 Å². The second-order valence-corrected chi connectivity index (χ2v) is 8.91. The first-order valence-corrected chi connectivity index (χ1v) is 11.0. The van der Waals surface area contributed by atoms with E-state index in [9.17, 15) is 15.2 Å². The zero-order valence-corrected chi connectivity index (χ0v) is 19.3. The highest BCUT2D eigenvalue weighted by atomic mass is 16.3. The summed E-state index contributed by atoms with van der Waals surface area (Å²) in [5, 5.41) is 20.0. The molecule has 1 aliphatic carbocycles. The molecule has 0 bridgehead atoms. The van der Waals surface area contributed by atoms with Crippen molar-refractivity contribution < 1.29 is 9.90 Å². The number of hydrogen-bond acceptors (Lipinski definition) is 3. The van der Waals surface area contributed by atoms with Gasteiger partial charge in [-0.1, -0.05) is 98.8 Å². The van der Waals surface area contributed by atoms with Gasteiger partial charge in [0.25, 0.3) is 0 Å². The molecule has 4 nitrogen and oxygen atoms in total. The van der Waals surface area contributed by atoms with Gasteiger partial charge >= 0.3 is 0 Å². The lowest BCUT2D eigenvalue weighted by molar-refractivity contribution is 0.103. The van der Waals surface area contributed by atoms with Gasteiger partial charge < -0.3 is 5.11 Å². The van der Waals surface area contributed by atoms with Crippen molar-refractivity contribution in [2.75, 3.05) is 0 Å². The first-order valence-electron chi connectivity index (χ1n) is 11.0. The maximum Gasteiger partial charge on any atom is 0.228 e. The number of carbonyl (C=O) groups excluding carboxylic acids is 1. The van der Waals surface area contributed by atoms with Crippen molar-refractivity contribution in [3.8, 4) is 6.07 Å². The van der Waals surface area contributed by atoms with Crippen LogP contribution < -0.4 is 0 Å². The zero-order valence-electron chi connectivity index (χ0n) is 19.3. The molecule has 3 rings (SSSR count). The summed E-state index contributed by atoms with van der Waals surface area (Å²) in [7, 11) is 0. The molecule has 0 radical (unpaired) electrons. The van der Waals surface area contributed by atoms with E-state index in [0.29, 0.717) is 11.1 Å². The SMILES string of the molecule is [C-]#[N+]C(/C=C/C1=CC(=C\C=C(\C#N)C(=O)c2ccccc2)/CC(C)(C)C1)=C(\O)c1ccccc1. The summed E-state index contributed by atoms with van der Waals surface area (Å²) < 4.78 is 0. The van der Waals surface area contributed by atoms with Gasteiger partial charge in [0.1, 0.15) is 11.8 Å². The van der Waals surface area contributed by atoms with E-state index < -0.39 is 0 Å². The Labute approximate surface area is 201 Å². The Morgan fingerprint density at radius 1 is 1.06 bits per heavy atom. The normalized spacial score (nSPS) is 17.5. The van der Waals surface area contributed by atoms with Crippen LogP contribution in [0.2, 0.25) is 0 Å². The third-order valence-corrected chi connectivity index (χ3v) is 5.47. The van der Waals surface area contributed by atoms with Gasteiger partial charge in [-0.25, -0.2) is 4.85 Å². The Balaban J connectivity index is 1.90. The Hall–Kier alpha value is -4.41. The van der Waals surface area contributed by atoms with E-state index in [0.717, 1.165) is 24.0 Å². The van der Waals surface area contributed by atoms with Crippen LogP contribution in [0, 0.1) is 23.3 Å². The molecule has 0 aliphatic heterocycles. The number of ketones is 1. The van der Waals surface area contributed by atoms with Gasteiger partial charge in [0.2, 0.25) is 11.5 Å². The third-order valence-electron chi connectivity index (χ3n) is 5.47. The molecular weight excluding hydrogens is 420 g/mol. The molecule has 0 heterocycles. The van der Waals surface area contributed by atoms with Crippen molar-refractivity contribution in [1.29, 1.82) is 5.26 Å². The molecule has 0 atom stereocenters. The van der Waals surface area contributed by atoms with E-state index >= 15 is 0 Å². The Kier molecular flexibility index (Phi) is 7.80. The second-order valence-electron chi connectivity index (χ2n) is 8.91. The fraction of sp³-hybridized carbons (Fsp3) is 0.167. The van der Waals surface area contributed by atoms with E-state index in [1.807, 2.05) is 48.6 Å². The molecule has 4 heteroatoms. The van der Waals surface area contributed by atoms with Gasteiger partial charge in [0.05, 0.1) is 12.1 Å². The summed E-state index contributed by atoms with van der Waals surface area (Å²) in [4.78, 5) is 16.1. The summed E-state index contributed by atoms with van der Waals surface area (Å²) in [5.41, 5.74) is 3.28.